The average molecular weight is 227 g/mol. The van der Waals surface area contributed by atoms with Crippen molar-refractivity contribution < 1.29 is 4.79 Å². The maximum Gasteiger partial charge on any atom is 0.228 e. The molecular formula is C10H11BrO. The van der Waals surface area contributed by atoms with Gasteiger partial charge in [-0.3, -0.25) is 4.79 Å². The van der Waals surface area contributed by atoms with Crippen LogP contribution in [-0.2, 0) is 0 Å². The molecule has 0 fully saturated rings. The van der Waals surface area contributed by atoms with Gasteiger partial charge in [0.15, 0.2) is 0 Å². The molecule has 1 nitrogen and oxygen atoms in total. The first-order chi connectivity index (χ1) is 5.52. The molecule has 0 aromatic heterocycles. The molecule has 0 saturated carbocycles. The number of hydrogen-bond donors (Lipinski definition) is 0. The van der Waals surface area contributed by atoms with Crippen LogP contribution >= 0.6 is 15.9 Å². The molecule has 0 amide bonds. The van der Waals surface area contributed by atoms with Crippen LogP contribution in [0.1, 0.15) is 27.0 Å². The zero-order valence-electron chi connectivity index (χ0n) is 7.44. The molecule has 0 aliphatic carbocycles. The second-order valence-corrected chi connectivity index (χ2v) is 3.75. The van der Waals surface area contributed by atoms with Gasteiger partial charge in [0.2, 0.25) is 4.69 Å². The summed E-state index contributed by atoms with van der Waals surface area (Å²) in [7, 11) is 0. The smallest absolute Gasteiger partial charge is 0.228 e. The van der Waals surface area contributed by atoms with Crippen molar-refractivity contribution in [3.63, 3.8) is 0 Å². The van der Waals surface area contributed by atoms with Crippen LogP contribution in [0.3, 0.4) is 0 Å². The standard InChI is InChI=1S/C10H11BrO/c1-6-4-7(2)8(3)9(5-6)10(11)12/h4-5H,1-3H3. The lowest BCUT2D eigenvalue weighted by molar-refractivity contribution is 0.109. The lowest BCUT2D eigenvalue weighted by Crippen LogP contribution is -1.96. The van der Waals surface area contributed by atoms with Crippen molar-refractivity contribution in [2.24, 2.45) is 0 Å². The van der Waals surface area contributed by atoms with Crippen LogP contribution in [0.4, 0.5) is 0 Å². The fraction of sp³-hybridized carbons (Fsp3) is 0.300. The van der Waals surface area contributed by atoms with Gasteiger partial charge in [0, 0.05) is 5.56 Å². The Morgan fingerprint density at radius 2 is 1.83 bits per heavy atom. The van der Waals surface area contributed by atoms with Crippen LogP contribution in [-0.4, -0.2) is 4.69 Å². The van der Waals surface area contributed by atoms with Crippen molar-refractivity contribution in [2.75, 3.05) is 0 Å². The molecule has 12 heavy (non-hydrogen) atoms. The predicted molar refractivity (Wildman–Crippen MR) is 53.9 cm³/mol. The van der Waals surface area contributed by atoms with Crippen molar-refractivity contribution in [3.8, 4) is 0 Å². The molecule has 0 saturated heterocycles. The summed E-state index contributed by atoms with van der Waals surface area (Å²) >= 11 is 2.96. The summed E-state index contributed by atoms with van der Waals surface area (Å²) in [5.74, 6) is 0. The van der Waals surface area contributed by atoms with Crippen LogP contribution in [0, 0.1) is 20.8 Å². The van der Waals surface area contributed by atoms with Gasteiger partial charge in [0.1, 0.15) is 0 Å². The third-order valence-corrected chi connectivity index (χ3v) is 2.45. The van der Waals surface area contributed by atoms with Gasteiger partial charge in [-0.1, -0.05) is 11.6 Å². The Labute approximate surface area is 80.9 Å². The number of aryl methyl sites for hydroxylation is 2. The largest absolute Gasteiger partial charge is 0.281 e. The number of benzene rings is 1. The van der Waals surface area contributed by atoms with E-state index in [1.807, 2.05) is 26.8 Å². The van der Waals surface area contributed by atoms with E-state index in [9.17, 15) is 4.79 Å². The molecule has 0 N–H and O–H groups in total. The first-order valence-corrected chi connectivity index (χ1v) is 4.59. The first kappa shape index (κ1) is 9.46. The normalized spacial score (nSPS) is 10.0. The highest BCUT2D eigenvalue weighted by molar-refractivity contribution is 9.18. The lowest BCUT2D eigenvalue weighted by Gasteiger charge is -2.05. The molecule has 0 atom stereocenters. The van der Waals surface area contributed by atoms with Gasteiger partial charge in [-0.15, -0.1) is 0 Å². The number of carbonyl (C=O) groups excluding carboxylic acids is 1. The van der Waals surface area contributed by atoms with E-state index >= 15 is 0 Å². The SMILES string of the molecule is Cc1cc(C)c(C)c(C(=O)Br)c1. The van der Waals surface area contributed by atoms with E-state index in [0.717, 1.165) is 22.3 Å². The summed E-state index contributed by atoms with van der Waals surface area (Å²) in [6.45, 7) is 5.97. The van der Waals surface area contributed by atoms with Gasteiger partial charge in [0.25, 0.3) is 0 Å². The van der Waals surface area contributed by atoms with E-state index in [-0.39, 0.29) is 4.69 Å². The van der Waals surface area contributed by atoms with Crippen molar-refractivity contribution in [1.82, 2.24) is 0 Å². The molecule has 1 aromatic rings. The molecule has 1 aromatic carbocycles. The number of halogens is 1. The summed E-state index contributed by atoms with van der Waals surface area (Å²) < 4.78 is -0.0354. The Morgan fingerprint density at radius 1 is 1.25 bits per heavy atom. The van der Waals surface area contributed by atoms with Gasteiger partial charge in [-0.2, -0.15) is 0 Å². The fourth-order valence-corrected chi connectivity index (χ4v) is 1.66. The second kappa shape index (κ2) is 3.40. The lowest BCUT2D eigenvalue weighted by atomic mass is 10.0. The van der Waals surface area contributed by atoms with Gasteiger partial charge >= 0.3 is 0 Å². The Balaban J connectivity index is 3.37. The zero-order chi connectivity index (χ0) is 9.30. The molecule has 2 heteroatoms. The number of hydrogen-bond acceptors (Lipinski definition) is 1. The highest BCUT2D eigenvalue weighted by Crippen LogP contribution is 2.18. The molecule has 1 rings (SSSR count). The second-order valence-electron chi connectivity index (χ2n) is 3.03. The molecular weight excluding hydrogens is 216 g/mol. The molecule has 0 spiro atoms. The third kappa shape index (κ3) is 1.75. The van der Waals surface area contributed by atoms with Crippen molar-refractivity contribution in [2.45, 2.75) is 20.8 Å². The van der Waals surface area contributed by atoms with Gasteiger partial charge < -0.3 is 0 Å². The molecule has 64 valence electrons. The van der Waals surface area contributed by atoms with Crippen molar-refractivity contribution >= 4 is 20.6 Å². The summed E-state index contributed by atoms with van der Waals surface area (Å²) in [5, 5.41) is 0. The van der Waals surface area contributed by atoms with E-state index < -0.39 is 0 Å². The van der Waals surface area contributed by atoms with E-state index in [4.69, 9.17) is 0 Å². The maximum atomic E-state index is 11.1. The van der Waals surface area contributed by atoms with Crippen LogP contribution in [0.2, 0.25) is 0 Å². The molecule has 0 aliphatic heterocycles. The molecule has 0 aliphatic rings. The first-order valence-electron chi connectivity index (χ1n) is 3.80. The Hall–Kier alpha value is -0.630. The van der Waals surface area contributed by atoms with Gasteiger partial charge in [-0.25, -0.2) is 0 Å². The Morgan fingerprint density at radius 3 is 2.33 bits per heavy atom. The van der Waals surface area contributed by atoms with Gasteiger partial charge in [0.05, 0.1) is 0 Å². The molecule has 0 heterocycles. The molecule has 0 unspecified atom stereocenters. The van der Waals surface area contributed by atoms with E-state index in [0.29, 0.717) is 0 Å². The topological polar surface area (TPSA) is 17.1 Å². The number of carbonyl (C=O) groups is 1. The van der Waals surface area contributed by atoms with E-state index in [1.54, 1.807) is 0 Å². The Kier molecular flexibility index (Phi) is 2.68. The summed E-state index contributed by atoms with van der Waals surface area (Å²) in [5.41, 5.74) is 4.12. The van der Waals surface area contributed by atoms with Crippen LogP contribution < -0.4 is 0 Å². The minimum atomic E-state index is -0.0354. The summed E-state index contributed by atoms with van der Waals surface area (Å²) in [6.07, 6.45) is 0. The predicted octanol–water partition coefficient (Wildman–Crippen LogP) is 3.15. The average Bonchev–Trinajstić information content (AvgIpc) is 1.96. The molecule has 0 radical (unpaired) electrons. The third-order valence-electron chi connectivity index (χ3n) is 2.02. The monoisotopic (exact) mass is 226 g/mol. The zero-order valence-corrected chi connectivity index (χ0v) is 9.03. The van der Waals surface area contributed by atoms with Crippen LogP contribution in [0.5, 0.6) is 0 Å². The molecule has 0 bridgehead atoms. The maximum absolute atomic E-state index is 11.1. The highest BCUT2D eigenvalue weighted by atomic mass is 79.9. The highest BCUT2D eigenvalue weighted by Gasteiger charge is 2.07. The summed E-state index contributed by atoms with van der Waals surface area (Å²) in [6, 6.07) is 3.98. The fourth-order valence-electron chi connectivity index (χ4n) is 1.24. The van der Waals surface area contributed by atoms with Crippen LogP contribution in [0.25, 0.3) is 0 Å². The minimum Gasteiger partial charge on any atom is -0.281 e. The minimum absolute atomic E-state index is 0.0354. The quantitative estimate of drug-likeness (QED) is 0.673. The summed E-state index contributed by atoms with van der Waals surface area (Å²) in [4.78, 5) is 11.1. The van der Waals surface area contributed by atoms with E-state index in [1.165, 1.54) is 0 Å². The van der Waals surface area contributed by atoms with Gasteiger partial charge in [-0.05, 0) is 53.9 Å². The van der Waals surface area contributed by atoms with E-state index in [2.05, 4.69) is 22.0 Å². The number of rotatable bonds is 1. The Bertz CT molecular complexity index is 329. The van der Waals surface area contributed by atoms with Crippen molar-refractivity contribution in [3.05, 3.63) is 34.4 Å². The van der Waals surface area contributed by atoms with Crippen LogP contribution in [0.15, 0.2) is 12.1 Å². The van der Waals surface area contributed by atoms with Crippen molar-refractivity contribution in [1.29, 1.82) is 0 Å².